The number of aromatic nitrogens is 2. The first-order valence-electron chi connectivity index (χ1n) is 9.00. The van der Waals surface area contributed by atoms with Crippen LogP contribution in [0.5, 0.6) is 0 Å². The lowest BCUT2D eigenvalue weighted by atomic mass is 10.0. The number of carbonyl (C=O) groups is 1. The number of carbonyl (C=O) groups excluding carboxylic acids is 1. The molecule has 1 atom stereocenters. The van der Waals surface area contributed by atoms with Crippen LogP contribution in [0.4, 0.5) is 0 Å². The van der Waals surface area contributed by atoms with Crippen molar-refractivity contribution in [2.45, 2.75) is 25.9 Å². The SMILES string of the molecule is CC(NC(=O)CCn1nc(-c2cccs2)oc1=O)c1ccc2ccccc2c1. The fourth-order valence-electron chi connectivity index (χ4n) is 3.03. The summed E-state index contributed by atoms with van der Waals surface area (Å²) in [6.07, 6.45) is 0.147. The van der Waals surface area contributed by atoms with Gasteiger partial charge in [0.25, 0.3) is 5.89 Å². The third-order valence-electron chi connectivity index (χ3n) is 4.54. The molecule has 4 rings (SSSR count). The van der Waals surface area contributed by atoms with Gasteiger partial charge in [0.15, 0.2) is 0 Å². The minimum atomic E-state index is -0.557. The Bertz CT molecular complexity index is 1160. The van der Waals surface area contributed by atoms with E-state index in [1.165, 1.54) is 16.0 Å². The highest BCUT2D eigenvalue weighted by Crippen LogP contribution is 2.22. The van der Waals surface area contributed by atoms with Crippen LogP contribution in [0.25, 0.3) is 21.5 Å². The molecule has 2 aromatic heterocycles. The molecular formula is C21H19N3O3S. The lowest BCUT2D eigenvalue weighted by Gasteiger charge is -2.15. The summed E-state index contributed by atoms with van der Waals surface area (Å²) >= 11 is 1.44. The minimum absolute atomic E-state index is 0.132. The minimum Gasteiger partial charge on any atom is -0.387 e. The number of benzene rings is 2. The van der Waals surface area contributed by atoms with Crippen LogP contribution in [0.15, 0.2) is 69.2 Å². The number of amides is 1. The summed E-state index contributed by atoms with van der Waals surface area (Å²) < 4.78 is 6.35. The zero-order valence-electron chi connectivity index (χ0n) is 15.3. The maximum absolute atomic E-state index is 12.3. The maximum atomic E-state index is 12.3. The molecule has 2 aromatic carbocycles. The Morgan fingerprint density at radius 1 is 1.18 bits per heavy atom. The lowest BCUT2D eigenvalue weighted by Crippen LogP contribution is -2.29. The summed E-state index contributed by atoms with van der Waals surface area (Å²) in [5, 5.41) is 11.3. The van der Waals surface area contributed by atoms with E-state index in [9.17, 15) is 9.59 Å². The van der Waals surface area contributed by atoms with Crippen molar-refractivity contribution in [2.24, 2.45) is 0 Å². The molecule has 7 heteroatoms. The highest BCUT2D eigenvalue weighted by molar-refractivity contribution is 7.13. The third-order valence-corrected chi connectivity index (χ3v) is 5.40. The molecule has 1 N–H and O–H groups in total. The smallest absolute Gasteiger partial charge is 0.387 e. The number of aryl methyl sites for hydroxylation is 1. The van der Waals surface area contributed by atoms with Crippen LogP contribution in [0.2, 0.25) is 0 Å². The van der Waals surface area contributed by atoms with E-state index in [4.69, 9.17) is 4.42 Å². The normalized spacial score (nSPS) is 12.2. The summed E-state index contributed by atoms with van der Waals surface area (Å²) in [5.41, 5.74) is 1.03. The molecule has 1 unspecified atom stereocenters. The van der Waals surface area contributed by atoms with Gasteiger partial charge in [-0.25, -0.2) is 4.79 Å². The molecule has 0 aliphatic rings. The molecule has 0 bridgehead atoms. The van der Waals surface area contributed by atoms with E-state index in [1.807, 2.05) is 48.7 Å². The number of nitrogens with one attached hydrogen (secondary N) is 1. The number of fused-ring (bicyclic) bond motifs is 1. The van der Waals surface area contributed by atoms with Crippen molar-refractivity contribution in [1.82, 2.24) is 15.1 Å². The summed E-state index contributed by atoms with van der Waals surface area (Å²) in [4.78, 5) is 25.0. The van der Waals surface area contributed by atoms with E-state index in [2.05, 4.69) is 28.6 Å². The molecule has 0 radical (unpaired) electrons. The van der Waals surface area contributed by atoms with Gasteiger partial charge in [-0.2, -0.15) is 4.68 Å². The molecule has 6 nitrogen and oxygen atoms in total. The third kappa shape index (κ3) is 3.89. The zero-order chi connectivity index (χ0) is 19.5. The van der Waals surface area contributed by atoms with E-state index in [0.717, 1.165) is 21.2 Å². The van der Waals surface area contributed by atoms with Crippen LogP contribution in [-0.2, 0) is 11.3 Å². The molecule has 28 heavy (non-hydrogen) atoms. The van der Waals surface area contributed by atoms with Crippen molar-refractivity contribution in [2.75, 3.05) is 0 Å². The largest absolute Gasteiger partial charge is 0.437 e. The highest BCUT2D eigenvalue weighted by Gasteiger charge is 2.14. The van der Waals surface area contributed by atoms with Gasteiger partial charge in [0.05, 0.1) is 17.5 Å². The van der Waals surface area contributed by atoms with Crippen LogP contribution >= 0.6 is 11.3 Å². The van der Waals surface area contributed by atoms with Crippen LogP contribution in [0.1, 0.15) is 24.9 Å². The van der Waals surface area contributed by atoms with Crippen LogP contribution < -0.4 is 11.1 Å². The van der Waals surface area contributed by atoms with Gasteiger partial charge in [-0.3, -0.25) is 4.79 Å². The zero-order valence-corrected chi connectivity index (χ0v) is 16.1. The first-order chi connectivity index (χ1) is 13.6. The number of rotatable bonds is 6. The predicted octanol–water partition coefficient (Wildman–Crippen LogP) is 3.99. The maximum Gasteiger partial charge on any atom is 0.437 e. The Morgan fingerprint density at radius 2 is 2.00 bits per heavy atom. The second-order valence-electron chi connectivity index (χ2n) is 6.52. The molecule has 0 saturated carbocycles. The fraction of sp³-hybridized carbons (Fsp3) is 0.190. The molecule has 2 heterocycles. The van der Waals surface area contributed by atoms with E-state index in [0.29, 0.717) is 0 Å². The van der Waals surface area contributed by atoms with E-state index >= 15 is 0 Å². The number of hydrogen-bond acceptors (Lipinski definition) is 5. The summed E-state index contributed by atoms with van der Waals surface area (Å²) in [5.74, 6) is -0.419. The average molecular weight is 393 g/mol. The van der Waals surface area contributed by atoms with Gasteiger partial charge in [-0.15, -0.1) is 16.4 Å². The number of thiophene rings is 1. The van der Waals surface area contributed by atoms with Gasteiger partial charge < -0.3 is 9.73 Å². The second-order valence-corrected chi connectivity index (χ2v) is 7.47. The topological polar surface area (TPSA) is 77.1 Å². The summed E-state index contributed by atoms with van der Waals surface area (Å²) in [7, 11) is 0. The van der Waals surface area contributed by atoms with Crippen molar-refractivity contribution in [3.8, 4) is 10.8 Å². The Balaban J connectivity index is 1.38. The quantitative estimate of drug-likeness (QED) is 0.537. The summed E-state index contributed by atoms with van der Waals surface area (Å²) in [6.45, 7) is 2.11. The van der Waals surface area contributed by atoms with Gasteiger partial charge >= 0.3 is 5.76 Å². The average Bonchev–Trinajstić information content (AvgIpc) is 3.35. The van der Waals surface area contributed by atoms with Gasteiger partial charge in [-0.05, 0) is 40.8 Å². The summed E-state index contributed by atoms with van der Waals surface area (Å²) in [6, 6.07) is 17.8. The Labute approximate surface area is 165 Å². The van der Waals surface area contributed by atoms with Crippen molar-refractivity contribution < 1.29 is 9.21 Å². The molecule has 1 amide bonds. The van der Waals surface area contributed by atoms with Crippen LogP contribution in [-0.4, -0.2) is 15.7 Å². The lowest BCUT2D eigenvalue weighted by molar-refractivity contribution is -0.122. The monoisotopic (exact) mass is 393 g/mol. The van der Waals surface area contributed by atoms with Crippen LogP contribution in [0.3, 0.4) is 0 Å². The van der Waals surface area contributed by atoms with E-state index < -0.39 is 5.76 Å². The molecule has 0 saturated heterocycles. The molecular weight excluding hydrogens is 374 g/mol. The predicted molar refractivity (Wildman–Crippen MR) is 109 cm³/mol. The first kappa shape index (κ1) is 18.2. The molecule has 142 valence electrons. The second kappa shape index (κ2) is 7.82. The van der Waals surface area contributed by atoms with Crippen LogP contribution in [0, 0.1) is 0 Å². The molecule has 0 aliphatic carbocycles. The molecule has 4 aromatic rings. The van der Waals surface area contributed by atoms with Gasteiger partial charge in [-0.1, -0.05) is 42.5 Å². The van der Waals surface area contributed by atoms with Gasteiger partial charge in [0, 0.05) is 6.42 Å². The standard InChI is InChI=1S/C21H19N3O3S/c1-14(16-9-8-15-5-2-3-6-17(15)13-16)22-19(25)10-11-24-21(26)27-20(23-24)18-7-4-12-28-18/h2-9,12-14H,10-11H2,1H3,(H,22,25). The Morgan fingerprint density at radius 3 is 2.79 bits per heavy atom. The van der Waals surface area contributed by atoms with Crippen molar-refractivity contribution in [1.29, 1.82) is 0 Å². The Hall–Kier alpha value is -3.19. The van der Waals surface area contributed by atoms with E-state index in [-0.39, 0.29) is 30.8 Å². The fourth-order valence-corrected chi connectivity index (χ4v) is 3.67. The molecule has 0 aliphatic heterocycles. The number of nitrogens with zero attached hydrogens (tertiary/aromatic N) is 2. The highest BCUT2D eigenvalue weighted by atomic mass is 32.1. The van der Waals surface area contributed by atoms with E-state index in [1.54, 1.807) is 0 Å². The van der Waals surface area contributed by atoms with Crippen molar-refractivity contribution in [3.05, 3.63) is 76.1 Å². The first-order valence-corrected chi connectivity index (χ1v) is 9.88. The van der Waals surface area contributed by atoms with Gasteiger partial charge in [0.1, 0.15) is 0 Å². The van der Waals surface area contributed by atoms with Crippen molar-refractivity contribution >= 4 is 28.0 Å². The molecule has 0 spiro atoms. The number of hydrogen-bond donors (Lipinski definition) is 1. The molecule has 0 fully saturated rings. The van der Waals surface area contributed by atoms with Gasteiger partial charge in [0.2, 0.25) is 5.91 Å². The van der Waals surface area contributed by atoms with Crippen molar-refractivity contribution in [3.63, 3.8) is 0 Å². The Kier molecular flexibility index (Phi) is 5.08.